The molecule has 0 spiro atoms. The van der Waals surface area contributed by atoms with Crippen LogP contribution in [-0.2, 0) is 13.0 Å². The van der Waals surface area contributed by atoms with E-state index in [0.717, 1.165) is 36.7 Å². The van der Waals surface area contributed by atoms with Crippen LogP contribution in [0.4, 0.5) is 5.82 Å². The molecular weight excluding hydrogens is 278 g/mol. The maximum atomic E-state index is 12.3. The van der Waals surface area contributed by atoms with E-state index in [9.17, 15) is 4.79 Å². The fraction of sp³-hybridized carbons (Fsp3) is 0.438. The molecule has 0 bridgehead atoms. The number of aromatic nitrogens is 3. The zero-order valence-corrected chi connectivity index (χ0v) is 13.2. The Hall–Kier alpha value is -2.37. The quantitative estimate of drug-likeness (QED) is 0.930. The van der Waals surface area contributed by atoms with Gasteiger partial charge in [0.15, 0.2) is 0 Å². The third kappa shape index (κ3) is 2.95. The van der Waals surface area contributed by atoms with Crippen LogP contribution in [-0.4, -0.2) is 40.6 Å². The lowest BCUT2D eigenvalue weighted by Gasteiger charge is -2.24. The Morgan fingerprint density at radius 3 is 2.91 bits per heavy atom. The van der Waals surface area contributed by atoms with Gasteiger partial charge in [-0.1, -0.05) is 0 Å². The molecule has 2 aromatic rings. The lowest BCUT2D eigenvalue weighted by Crippen LogP contribution is -2.40. The minimum absolute atomic E-state index is 0.0666. The molecule has 0 saturated heterocycles. The van der Waals surface area contributed by atoms with Crippen LogP contribution in [0, 0.1) is 6.92 Å². The van der Waals surface area contributed by atoms with Gasteiger partial charge in [0.1, 0.15) is 11.6 Å². The van der Waals surface area contributed by atoms with Crippen LogP contribution in [0.25, 0.3) is 0 Å². The molecule has 0 radical (unpaired) electrons. The first-order chi connectivity index (χ1) is 10.5. The van der Waals surface area contributed by atoms with Crippen molar-refractivity contribution >= 4 is 11.7 Å². The molecular formula is C16H21N5O. The van der Waals surface area contributed by atoms with Crippen LogP contribution < -0.4 is 10.2 Å². The minimum atomic E-state index is -0.0666. The van der Waals surface area contributed by atoms with Gasteiger partial charge in [-0.15, -0.1) is 0 Å². The van der Waals surface area contributed by atoms with Crippen molar-refractivity contribution in [1.29, 1.82) is 0 Å². The van der Waals surface area contributed by atoms with Crippen molar-refractivity contribution in [3.8, 4) is 0 Å². The number of amides is 1. The third-order valence-corrected chi connectivity index (χ3v) is 3.92. The predicted octanol–water partition coefficient (Wildman–Crippen LogP) is 1.40. The van der Waals surface area contributed by atoms with Crippen LogP contribution in [0.2, 0.25) is 0 Å². The number of imidazole rings is 1. The number of carbonyl (C=O) groups excluding carboxylic acids is 1. The monoisotopic (exact) mass is 299 g/mol. The van der Waals surface area contributed by atoms with Crippen LogP contribution in [0.1, 0.15) is 28.3 Å². The van der Waals surface area contributed by atoms with E-state index in [0.29, 0.717) is 5.56 Å². The van der Waals surface area contributed by atoms with E-state index in [1.807, 2.05) is 44.2 Å². The topological polar surface area (TPSA) is 63.1 Å². The number of nitrogens with zero attached hydrogens (tertiary/aromatic N) is 4. The van der Waals surface area contributed by atoms with Gasteiger partial charge in [0, 0.05) is 45.5 Å². The van der Waals surface area contributed by atoms with Gasteiger partial charge in [-0.25, -0.2) is 9.97 Å². The lowest BCUT2D eigenvalue weighted by atomic mass is 10.1. The van der Waals surface area contributed by atoms with Crippen molar-refractivity contribution in [3.63, 3.8) is 0 Å². The highest BCUT2D eigenvalue weighted by Crippen LogP contribution is 2.16. The molecule has 2 aromatic heterocycles. The molecule has 1 aliphatic heterocycles. The normalized spacial score (nSPS) is 17.0. The Bertz CT molecular complexity index is 674. The number of pyridine rings is 1. The highest BCUT2D eigenvalue weighted by atomic mass is 16.1. The number of anilines is 1. The van der Waals surface area contributed by atoms with Crippen molar-refractivity contribution < 1.29 is 4.79 Å². The summed E-state index contributed by atoms with van der Waals surface area (Å²) in [5, 5.41) is 3.09. The fourth-order valence-corrected chi connectivity index (χ4v) is 2.76. The fourth-order valence-electron chi connectivity index (χ4n) is 2.76. The molecule has 0 aromatic carbocycles. The van der Waals surface area contributed by atoms with Crippen molar-refractivity contribution in [2.24, 2.45) is 0 Å². The van der Waals surface area contributed by atoms with Gasteiger partial charge in [-0.2, -0.15) is 0 Å². The van der Waals surface area contributed by atoms with Gasteiger partial charge in [0.2, 0.25) is 0 Å². The first-order valence-corrected chi connectivity index (χ1v) is 7.50. The first kappa shape index (κ1) is 14.6. The maximum Gasteiger partial charge on any atom is 0.253 e. The molecule has 1 amide bonds. The van der Waals surface area contributed by atoms with Gasteiger partial charge >= 0.3 is 0 Å². The molecule has 22 heavy (non-hydrogen) atoms. The van der Waals surface area contributed by atoms with Crippen molar-refractivity contribution in [3.05, 3.63) is 41.6 Å². The van der Waals surface area contributed by atoms with E-state index < -0.39 is 0 Å². The summed E-state index contributed by atoms with van der Waals surface area (Å²) in [6.07, 6.45) is 5.49. The molecule has 1 N–H and O–H groups in total. The van der Waals surface area contributed by atoms with Gasteiger partial charge in [0.05, 0.1) is 11.3 Å². The van der Waals surface area contributed by atoms with Crippen LogP contribution in [0.3, 0.4) is 0 Å². The SMILES string of the molecule is Cc1cn2c(n1)CC[C@@H](NC(=O)c1ccc(N(C)C)nc1)C2. The maximum absolute atomic E-state index is 12.3. The molecule has 1 aliphatic rings. The number of fused-ring (bicyclic) bond motifs is 1. The molecule has 0 fully saturated rings. The number of rotatable bonds is 3. The average Bonchev–Trinajstić information content (AvgIpc) is 2.86. The molecule has 3 heterocycles. The summed E-state index contributed by atoms with van der Waals surface area (Å²) < 4.78 is 2.14. The molecule has 3 rings (SSSR count). The third-order valence-electron chi connectivity index (χ3n) is 3.92. The largest absolute Gasteiger partial charge is 0.363 e. The van der Waals surface area contributed by atoms with Gasteiger partial charge < -0.3 is 14.8 Å². The summed E-state index contributed by atoms with van der Waals surface area (Å²) in [5.74, 6) is 1.89. The molecule has 0 aliphatic carbocycles. The second kappa shape index (κ2) is 5.79. The van der Waals surface area contributed by atoms with E-state index in [4.69, 9.17) is 0 Å². The molecule has 1 atom stereocenters. The second-order valence-corrected chi connectivity index (χ2v) is 5.96. The molecule has 0 unspecified atom stereocenters. The van der Waals surface area contributed by atoms with E-state index in [-0.39, 0.29) is 11.9 Å². The Kier molecular flexibility index (Phi) is 3.83. The number of carbonyl (C=O) groups is 1. The van der Waals surface area contributed by atoms with Gasteiger partial charge in [-0.05, 0) is 25.5 Å². The Morgan fingerprint density at radius 1 is 1.41 bits per heavy atom. The van der Waals surface area contributed by atoms with Crippen molar-refractivity contribution in [2.45, 2.75) is 32.4 Å². The van der Waals surface area contributed by atoms with E-state index in [2.05, 4.69) is 19.9 Å². The molecule has 6 heteroatoms. The average molecular weight is 299 g/mol. The summed E-state index contributed by atoms with van der Waals surface area (Å²) in [7, 11) is 3.85. The Balaban J connectivity index is 1.65. The smallest absolute Gasteiger partial charge is 0.253 e. The van der Waals surface area contributed by atoms with E-state index in [1.54, 1.807) is 6.20 Å². The number of nitrogens with one attached hydrogen (secondary N) is 1. The summed E-state index contributed by atoms with van der Waals surface area (Å²) in [5.41, 5.74) is 1.63. The Labute approximate surface area is 130 Å². The van der Waals surface area contributed by atoms with Gasteiger partial charge in [0.25, 0.3) is 5.91 Å². The van der Waals surface area contributed by atoms with Crippen LogP contribution >= 0.6 is 0 Å². The van der Waals surface area contributed by atoms with Crippen molar-refractivity contribution in [1.82, 2.24) is 19.9 Å². The number of hydrogen-bond donors (Lipinski definition) is 1. The molecule has 116 valence electrons. The first-order valence-electron chi connectivity index (χ1n) is 7.50. The highest BCUT2D eigenvalue weighted by molar-refractivity contribution is 5.94. The zero-order valence-electron chi connectivity index (χ0n) is 13.2. The number of hydrogen-bond acceptors (Lipinski definition) is 4. The standard InChI is InChI=1S/C16H21N5O/c1-11-9-21-10-13(5-7-15(21)18-11)19-16(22)12-4-6-14(17-8-12)20(2)3/h4,6,8-9,13H,5,7,10H2,1-3H3,(H,19,22)/t13-/m1/s1. The highest BCUT2D eigenvalue weighted by Gasteiger charge is 2.21. The second-order valence-electron chi connectivity index (χ2n) is 5.96. The van der Waals surface area contributed by atoms with Crippen molar-refractivity contribution in [2.75, 3.05) is 19.0 Å². The predicted molar refractivity (Wildman–Crippen MR) is 85.1 cm³/mol. The molecule has 6 nitrogen and oxygen atoms in total. The van der Waals surface area contributed by atoms with E-state index >= 15 is 0 Å². The van der Waals surface area contributed by atoms with Crippen LogP contribution in [0.5, 0.6) is 0 Å². The number of aryl methyl sites for hydroxylation is 2. The summed E-state index contributed by atoms with van der Waals surface area (Å²) in [6.45, 7) is 2.78. The zero-order chi connectivity index (χ0) is 15.7. The van der Waals surface area contributed by atoms with Gasteiger partial charge in [-0.3, -0.25) is 4.79 Å². The summed E-state index contributed by atoms with van der Waals surface area (Å²) >= 11 is 0. The lowest BCUT2D eigenvalue weighted by molar-refractivity contribution is 0.0927. The van der Waals surface area contributed by atoms with E-state index in [1.165, 1.54) is 0 Å². The summed E-state index contributed by atoms with van der Waals surface area (Å²) in [4.78, 5) is 23.0. The molecule has 0 saturated carbocycles. The summed E-state index contributed by atoms with van der Waals surface area (Å²) in [6, 6.07) is 3.81. The minimum Gasteiger partial charge on any atom is -0.363 e. The van der Waals surface area contributed by atoms with Crippen LogP contribution in [0.15, 0.2) is 24.5 Å². The Morgan fingerprint density at radius 2 is 2.23 bits per heavy atom.